The lowest BCUT2D eigenvalue weighted by Gasteiger charge is -2.23. The molecule has 0 atom stereocenters. The van der Waals surface area contributed by atoms with E-state index in [0.29, 0.717) is 22.9 Å². The number of carbonyl (C=O) groups is 2. The summed E-state index contributed by atoms with van der Waals surface area (Å²) in [6, 6.07) is 24.2. The van der Waals surface area contributed by atoms with E-state index in [1.54, 1.807) is 12.1 Å². The van der Waals surface area contributed by atoms with Crippen LogP contribution >= 0.6 is 0 Å². The first-order valence-electron chi connectivity index (χ1n) is 9.55. The Hall–Kier alpha value is -3.60. The SMILES string of the molecule is CCc1ccc(NC(=O)CN(C(C)=O)c2ccccc2Oc2ccccc2)cc1. The van der Waals surface area contributed by atoms with Gasteiger partial charge >= 0.3 is 0 Å². The van der Waals surface area contributed by atoms with E-state index in [-0.39, 0.29) is 18.4 Å². The summed E-state index contributed by atoms with van der Waals surface area (Å²) in [5, 5.41) is 2.84. The molecule has 5 heteroatoms. The molecular formula is C24H24N2O3. The molecule has 29 heavy (non-hydrogen) atoms. The van der Waals surface area contributed by atoms with Crippen LogP contribution in [0.5, 0.6) is 11.5 Å². The average molecular weight is 388 g/mol. The number of aryl methyl sites for hydroxylation is 1. The molecule has 3 aromatic rings. The molecule has 0 spiro atoms. The molecule has 1 N–H and O–H groups in total. The standard InChI is InChI=1S/C24H24N2O3/c1-3-19-13-15-20(16-14-19)25-24(28)17-26(18(2)27)22-11-7-8-12-23(22)29-21-9-5-4-6-10-21/h4-16H,3,17H2,1-2H3,(H,25,28). The van der Waals surface area contributed by atoms with Crippen molar-refractivity contribution in [3.8, 4) is 11.5 Å². The van der Waals surface area contributed by atoms with Crippen molar-refractivity contribution >= 4 is 23.2 Å². The molecule has 0 heterocycles. The Morgan fingerprint density at radius 3 is 2.21 bits per heavy atom. The summed E-state index contributed by atoms with van der Waals surface area (Å²) in [7, 11) is 0. The largest absolute Gasteiger partial charge is 0.455 e. The number of nitrogens with one attached hydrogen (secondary N) is 1. The number of hydrogen-bond donors (Lipinski definition) is 1. The van der Waals surface area contributed by atoms with Gasteiger partial charge in [-0.2, -0.15) is 0 Å². The molecule has 3 rings (SSSR count). The lowest BCUT2D eigenvalue weighted by atomic mass is 10.1. The van der Waals surface area contributed by atoms with Crippen LogP contribution in [-0.4, -0.2) is 18.4 Å². The van der Waals surface area contributed by atoms with Crippen LogP contribution in [-0.2, 0) is 16.0 Å². The number of rotatable bonds is 7. The van der Waals surface area contributed by atoms with Crippen LogP contribution in [0.2, 0.25) is 0 Å². The van der Waals surface area contributed by atoms with Gasteiger partial charge in [0, 0.05) is 12.6 Å². The highest BCUT2D eigenvalue weighted by atomic mass is 16.5. The molecule has 0 saturated heterocycles. The van der Waals surface area contributed by atoms with E-state index in [9.17, 15) is 9.59 Å². The molecule has 0 bridgehead atoms. The minimum absolute atomic E-state index is 0.111. The first kappa shape index (κ1) is 20.1. The second kappa shape index (κ2) is 9.55. The molecule has 0 aliphatic rings. The van der Waals surface area contributed by atoms with Crippen molar-refractivity contribution in [2.75, 3.05) is 16.8 Å². The molecule has 0 aromatic heterocycles. The van der Waals surface area contributed by atoms with Gasteiger partial charge in [-0.25, -0.2) is 0 Å². The van der Waals surface area contributed by atoms with Crippen molar-refractivity contribution in [3.63, 3.8) is 0 Å². The second-order valence-corrected chi connectivity index (χ2v) is 6.59. The number of ether oxygens (including phenoxy) is 1. The molecule has 0 radical (unpaired) electrons. The molecule has 0 saturated carbocycles. The van der Waals surface area contributed by atoms with Gasteiger partial charge in [-0.3, -0.25) is 14.5 Å². The van der Waals surface area contributed by atoms with Gasteiger partial charge in [-0.15, -0.1) is 0 Å². The fourth-order valence-corrected chi connectivity index (χ4v) is 2.92. The van der Waals surface area contributed by atoms with Crippen LogP contribution in [0.25, 0.3) is 0 Å². The number of amides is 2. The molecule has 0 unspecified atom stereocenters. The van der Waals surface area contributed by atoms with Gasteiger partial charge in [0.2, 0.25) is 11.8 Å². The van der Waals surface area contributed by atoms with Gasteiger partial charge in [0.05, 0.1) is 5.69 Å². The maximum absolute atomic E-state index is 12.6. The molecule has 0 aliphatic heterocycles. The zero-order valence-electron chi connectivity index (χ0n) is 16.6. The summed E-state index contributed by atoms with van der Waals surface area (Å²) in [4.78, 5) is 26.3. The predicted molar refractivity (Wildman–Crippen MR) is 115 cm³/mol. The Morgan fingerprint density at radius 2 is 1.55 bits per heavy atom. The van der Waals surface area contributed by atoms with Gasteiger partial charge in [-0.1, -0.05) is 49.4 Å². The summed E-state index contributed by atoms with van der Waals surface area (Å²) in [6.45, 7) is 3.40. The zero-order valence-corrected chi connectivity index (χ0v) is 16.6. The minimum atomic E-state index is -0.279. The second-order valence-electron chi connectivity index (χ2n) is 6.59. The number of carbonyl (C=O) groups excluding carboxylic acids is 2. The smallest absolute Gasteiger partial charge is 0.244 e. The number of anilines is 2. The number of benzene rings is 3. The summed E-state index contributed by atoms with van der Waals surface area (Å²) >= 11 is 0. The van der Waals surface area contributed by atoms with Gasteiger partial charge in [0.15, 0.2) is 5.75 Å². The highest BCUT2D eigenvalue weighted by molar-refractivity contribution is 6.02. The summed E-state index contributed by atoms with van der Waals surface area (Å²) in [6.07, 6.45) is 0.935. The lowest BCUT2D eigenvalue weighted by Crippen LogP contribution is -2.36. The molecule has 5 nitrogen and oxygen atoms in total. The molecular weight excluding hydrogens is 364 g/mol. The molecule has 2 amide bonds. The Labute approximate surface area is 170 Å². The van der Waals surface area contributed by atoms with Crippen molar-refractivity contribution in [2.45, 2.75) is 20.3 Å². The maximum atomic E-state index is 12.6. The van der Waals surface area contributed by atoms with Crippen LogP contribution in [0.1, 0.15) is 19.4 Å². The van der Waals surface area contributed by atoms with Crippen LogP contribution in [0.4, 0.5) is 11.4 Å². The Morgan fingerprint density at radius 1 is 0.897 bits per heavy atom. The number of para-hydroxylation sites is 3. The summed E-state index contributed by atoms with van der Waals surface area (Å²) < 4.78 is 5.94. The summed E-state index contributed by atoms with van der Waals surface area (Å²) in [5.74, 6) is 0.641. The van der Waals surface area contributed by atoms with Crippen molar-refractivity contribution in [1.29, 1.82) is 0 Å². The van der Waals surface area contributed by atoms with Crippen molar-refractivity contribution < 1.29 is 14.3 Å². The molecule has 3 aromatic carbocycles. The van der Waals surface area contributed by atoms with Gasteiger partial charge in [-0.05, 0) is 48.4 Å². The third-order valence-corrected chi connectivity index (χ3v) is 4.45. The highest BCUT2D eigenvalue weighted by Crippen LogP contribution is 2.32. The molecule has 0 fully saturated rings. The van der Waals surface area contributed by atoms with Gasteiger partial charge in [0.25, 0.3) is 0 Å². The topological polar surface area (TPSA) is 58.6 Å². The Bertz CT molecular complexity index is 969. The van der Waals surface area contributed by atoms with Crippen LogP contribution in [0.15, 0.2) is 78.9 Å². The average Bonchev–Trinajstić information content (AvgIpc) is 2.74. The van der Waals surface area contributed by atoms with Crippen molar-refractivity contribution in [1.82, 2.24) is 0 Å². The molecule has 148 valence electrons. The van der Waals surface area contributed by atoms with E-state index in [0.717, 1.165) is 6.42 Å². The number of nitrogens with zero attached hydrogens (tertiary/aromatic N) is 1. The maximum Gasteiger partial charge on any atom is 0.244 e. The van der Waals surface area contributed by atoms with E-state index in [1.165, 1.54) is 17.4 Å². The zero-order chi connectivity index (χ0) is 20.6. The fourth-order valence-electron chi connectivity index (χ4n) is 2.92. The van der Waals surface area contributed by atoms with Crippen LogP contribution in [0, 0.1) is 0 Å². The minimum Gasteiger partial charge on any atom is -0.455 e. The van der Waals surface area contributed by atoms with E-state index in [2.05, 4.69) is 12.2 Å². The van der Waals surface area contributed by atoms with E-state index < -0.39 is 0 Å². The first-order chi connectivity index (χ1) is 14.1. The van der Waals surface area contributed by atoms with Crippen molar-refractivity contribution in [3.05, 3.63) is 84.4 Å². The van der Waals surface area contributed by atoms with Crippen LogP contribution in [0.3, 0.4) is 0 Å². The monoisotopic (exact) mass is 388 g/mol. The normalized spacial score (nSPS) is 10.3. The number of hydrogen-bond acceptors (Lipinski definition) is 3. The van der Waals surface area contributed by atoms with Crippen LogP contribution < -0.4 is 15.0 Å². The van der Waals surface area contributed by atoms with Gasteiger partial charge < -0.3 is 10.1 Å². The third kappa shape index (κ3) is 5.45. The fraction of sp³-hybridized carbons (Fsp3) is 0.167. The third-order valence-electron chi connectivity index (χ3n) is 4.45. The van der Waals surface area contributed by atoms with E-state index in [4.69, 9.17) is 4.74 Å². The Balaban J connectivity index is 1.77. The highest BCUT2D eigenvalue weighted by Gasteiger charge is 2.20. The van der Waals surface area contributed by atoms with Gasteiger partial charge in [0.1, 0.15) is 12.3 Å². The summed E-state index contributed by atoms with van der Waals surface area (Å²) in [5.41, 5.74) is 2.44. The predicted octanol–water partition coefficient (Wildman–Crippen LogP) is 5.03. The lowest BCUT2D eigenvalue weighted by molar-refractivity contribution is -0.120. The Kier molecular flexibility index (Phi) is 6.63. The van der Waals surface area contributed by atoms with E-state index in [1.807, 2.05) is 66.7 Å². The first-order valence-corrected chi connectivity index (χ1v) is 9.55. The van der Waals surface area contributed by atoms with Crippen molar-refractivity contribution in [2.24, 2.45) is 0 Å². The molecule has 0 aliphatic carbocycles. The quantitative estimate of drug-likeness (QED) is 0.617. The van der Waals surface area contributed by atoms with E-state index >= 15 is 0 Å².